The van der Waals surface area contributed by atoms with Crippen LogP contribution in [0.4, 0.5) is 0 Å². The molecule has 3 rings (SSSR count). The van der Waals surface area contributed by atoms with Crippen molar-refractivity contribution in [3.8, 4) is 0 Å². The van der Waals surface area contributed by atoms with E-state index in [0.29, 0.717) is 6.10 Å². The maximum Gasteiger partial charge on any atom is 0.108 e. The molecule has 2 aromatic rings. The van der Waals surface area contributed by atoms with Gasteiger partial charge in [0.05, 0.1) is 12.1 Å². The van der Waals surface area contributed by atoms with E-state index in [2.05, 4.69) is 42.1 Å². The van der Waals surface area contributed by atoms with Crippen molar-refractivity contribution in [2.24, 2.45) is 7.05 Å². The summed E-state index contributed by atoms with van der Waals surface area (Å²) in [6.07, 6.45) is 2.44. The summed E-state index contributed by atoms with van der Waals surface area (Å²) in [5, 5.41) is 1.30. The Labute approximate surface area is 76.7 Å². The molecule has 0 bridgehead atoms. The molecular weight excluding hydrogens is 162 g/mol. The first kappa shape index (κ1) is 7.15. The van der Waals surface area contributed by atoms with Gasteiger partial charge in [0.15, 0.2) is 0 Å². The van der Waals surface area contributed by atoms with Crippen molar-refractivity contribution < 1.29 is 4.74 Å². The van der Waals surface area contributed by atoms with Crippen LogP contribution >= 0.6 is 0 Å². The molecule has 66 valence electrons. The number of aryl methyl sites for hydroxylation is 1. The van der Waals surface area contributed by atoms with Crippen LogP contribution in [0.2, 0.25) is 0 Å². The van der Waals surface area contributed by atoms with Crippen LogP contribution in [0.3, 0.4) is 0 Å². The molecule has 1 fully saturated rings. The molecule has 1 aromatic heterocycles. The molecule has 1 aliphatic rings. The van der Waals surface area contributed by atoms with Crippen molar-refractivity contribution in [3.05, 3.63) is 36.0 Å². The van der Waals surface area contributed by atoms with Crippen molar-refractivity contribution in [3.63, 3.8) is 0 Å². The lowest BCUT2D eigenvalue weighted by atomic mass is 10.1. The Morgan fingerprint density at radius 1 is 1.38 bits per heavy atom. The molecular formula is C11H11NO. The van der Waals surface area contributed by atoms with Crippen LogP contribution in [-0.4, -0.2) is 11.2 Å². The number of hydrogen-bond acceptors (Lipinski definition) is 1. The van der Waals surface area contributed by atoms with Gasteiger partial charge in [-0.15, -0.1) is 0 Å². The van der Waals surface area contributed by atoms with Crippen LogP contribution in [0.5, 0.6) is 0 Å². The standard InChI is InChI=1S/C11H11NO/c1-12-6-5-8-3-2-4-9(11(8)12)10-7-13-10/h2-6,10H,7H2,1H3. The van der Waals surface area contributed by atoms with Crippen LogP contribution in [0.25, 0.3) is 10.9 Å². The van der Waals surface area contributed by atoms with Crippen molar-refractivity contribution in [1.82, 2.24) is 4.57 Å². The third-order valence-electron chi connectivity index (χ3n) is 2.61. The zero-order chi connectivity index (χ0) is 8.84. The zero-order valence-corrected chi connectivity index (χ0v) is 7.53. The fourth-order valence-electron chi connectivity index (χ4n) is 1.88. The smallest absolute Gasteiger partial charge is 0.108 e. The Morgan fingerprint density at radius 2 is 2.23 bits per heavy atom. The largest absolute Gasteiger partial charge is 0.368 e. The fraction of sp³-hybridized carbons (Fsp3) is 0.273. The number of hydrogen-bond donors (Lipinski definition) is 0. The van der Waals surface area contributed by atoms with Gasteiger partial charge in [-0.05, 0) is 11.5 Å². The lowest BCUT2D eigenvalue weighted by molar-refractivity contribution is 0.416. The van der Waals surface area contributed by atoms with Crippen molar-refractivity contribution in [2.45, 2.75) is 6.10 Å². The maximum absolute atomic E-state index is 5.31. The van der Waals surface area contributed by atoms with Crippen molar-refractivity contribution in [1.29, 1.82) is 0 Å². The molecule has 0 saturated carbocycles. The Bertz CT molecular complexity index is 454. The van der Waals surface area contributed by atoms with Crippen LogP contribution in [0.15, 0.2) is 30.5 Å². The average molecular weight is 173 g/mol. The Kier molecular flexibility index (Phi) is 1.30. The summed E-state index contributed by atoms with van der Waals surface area (Å²) in [5.41, 5.74) is 2.63. The first-order valence-electron chi connectivity index (χ1n) is 4.52. The molecule has 1 aromatic carbocycles. The Balaban J connectivity index is 2.36. The molecule has 1 saturated heterocycles. The highest BCUT2D eigenvalue weighted by molar-refractivity contribution is 5.83. The summed E-state index contributed by atoms with van der Waals surface area (Å²) in [6.45, 7) is 0.879. The normalized spacial score (nSPS) is 20.8. The summed E-state index contributed by atoms with van der Waals surface area (Å²) in [5.74, 6) is 0. The second-order valence-corrected chi connectivity index (χ2v) is 3.53. The van der Waals surface area contributed by atoms with E-state index < -0.39 is 0 Å². The molecule has 2 nitrogen and oxygen atoms in total. The van der Waals surface area contributed by atoms with E-state index in [1.54, 1.807) is 0 Å². The van der Waals surface area contributed by atoms with E-state index in [-0.39, 0.29) is 0 Å². The molecule has 1 aliphatic heterocycles. The lowest BCUT2D eigenvalue weighted by Gasteiger charge is -2.02. The third-order valence-corrected chi connectivity index (χ3v) is 2.61. The molecule has 1 atom stereocenters. The first-order valence-corrected chi connectivity index (χ1v) is 4.52. The zero-order valence-electron chi connectivity index (χ0n) is 7.53. The van der Waals surface area contributed by atoms with Gasteiger partial charge in [0.2, 0.25) is 0 Å². The van der Waals surface area contributed by atoms with Gasteiger partial charge in [-0.25, -0.2) is 0 Å². The van der Waals surface area contributed by atoms with Gasteiger partial charge in [-0.2, -0.15) is 0 Å². The monoisotopic (exact) mass is 173 g/mol. The second-order valence-electron chi connectivity index (χ2n) is 3.53. The number of benzene rings is 1. The van der Waals surface area contributed by atoms with Gasteiger partial charge < -0.3 is 9.30 Å². The van der Waals surface area contributed by atoms with E-state index >= 15 is 0 Å². The SMILES string of the molecule is Cn1ccc2cccc(C3CO3)c21. The van der Waals surface area contributed by atoms with E-state index in [0.717, 1.165) is 6.61 Å². The number of fused-ring (bicyclic) bond motifs is 1. The molecule has 0 amide bonds. The predicted octanol–water partition coefficient (Wildman–Crippen LogP) is 2.25. The summed E-state index contributed by atoms with van der Waals surface area (Å²) in [6, 6.07) is 8.53. The molecule has 0 spiro atoms. The highest BCUT2D eigenvalue weighted by Gasteiger charge is 2.27. The molecule has 0 radical (unpaired) electrons. The molecule has 13 heavy (non-hydrogen) atoms. The number of aromatic nitrogens is 1. The van der Waals surface area contributed by atoms with Crippen LogP contribution < -0.4 is 0 Å². The molecule has 0 N–H and O–H groups in total. The number of para-hydroxylation sites is 1. The number of epoxide rings is 1. The van der Waals surface area contributed by atoms with Crippen LogP contribution in [0.1, 0.15) is 11.7 Å². The predicted molar refractivity (Wildman–Crippen MR) is 51.6 cm³/mol. The minimum atomic E-state index is 0.345. The summed E-state index contributed by atoms with van der Waals surface area (Å²) in [7, 11) is 2.08. The van der Waals surface area contributed by atoms with E-state index in [1.165, 1.54) is 16.5 Å². The van der Waals surface area contributed by atoms with Gasteiger partial charge >= 0.3 is 0 Å². The minimum Gasteiger partial charge on any atom is -0.368 e. The van der Waals surface area contributed by atoms with Gasteiger partial charge in [0.1, 0.15) is 6.10 Å². The average Bonchev–Trinajstić information content (AvgIpc) is 2.92. The summed E-state index contributed by atoms with van der Waals surface area (Å²) < 4.78 is 7.47. The van der Waals surface area contributed by atoms with Crippen molar-refractivity contribution >= 4 is 10.9 Å². The molecule has 1 unspecified atom stereocenters. The number of ether oxygens (including phenoxy) is 1. The van der Waals surface area contributed by atoms with E-state index in [9.17, 15) is 0 Å². The highest BCUT2D eigenvalue weighted by atomic mass is 16.6. The molecule has 2 heteroatoms. The lowest BCUT2D eigenvalue weighted by Crippen LogP contribution is -1.90. The Morgan fingerprint density at radius 3 is 3.00 bits per heavy atom. The van der Waals surface area contributed by atoms with E-state index in [4.69, 9.17) is 4.74 Å². The van der Waals surface area contributed by atoms with E-state index in [1.807, 2.05) is 0 Å². The number of nitrogens with zero attached hydrogens (tertiary/aromatic N) is 1. The van der Waals surface area contributed by atoms with Gasteiger partial charge in [-0.1, -0.05) is 18.2 Å². The maximum atomic E-state index is 5.31. The summed E-state index contributed by atoms with van der Waals surface area (Å²) >= 11 is 0. The van der Waals surface area contributed by atoms with Crippen molar-refractivity contribution in [2.75, 3.05) is 6.61 Å². The molecule has 0 aliphatic carbocycles. The topological polar surface area (TPSA) is 17.5 Å². The highest BCUT2D eigenvalue weighted by Crippen LogP contribution is 2.34. The molecule has 2 heterocycles. The Hall–Kier alpha value is -1.28. The van der Waals surface area contributed by atoms with Gasteiger partial charge in [0.25, 0.3) is 0 Å². The minimum absolute atomic E-state index is 0.345. The third kappa shape index (κ3) is 0.988. The quantitative estimate of drug-likeness (QED) is 0.604. The number of rotatable bonds is 1. The fourth-order valence-corrected chi connectivity index (χ4v) is 1.88. The van der Waals surface area contributed by atoms with Crippen LogP contribution in [0, 0.1) is 0 Å². The van der Waals surface area contributed by atoms with Gasteiger partial charge in [0, 0.05) is 18.8 Å². The summed E-state index contributed by atoms with van der Waals surface area (Å²) in [4.78, 5) is 0. The van der Waals surface area contributed by atoms with Gasteiger partial charge in [-0.3, -0.25) is 0 Å². The first-order chi connectivity index (χ1) is 6.36. The van der Waals surface area contributed by atoms with Crippen LogP contribution in [-0.2, 0) is 11.8 Å². The second kappa shape index (κ2) is 2.36.